The molecular weight excluding hydrogens is 310 g/mol. The predicted molar refractivity (Wildman–Crippen MR) is 103 cm³/mol. The summed E-state index contributed by atoms with van der Waals surface area (Å²) in [7, 11) is 0. The van der Waals surface area contributed by atoms with Crippen LogP contribution in [-0.4, -0.2) is 4.98 Å². The van der Waals surface area contributed by atoms with Gasteiger partial charge >= 0.3 is 0 Å². The monoisotopic (exact) mass is 329 g/mol. The molecule has 0 amide bonds. The van der Waals surface area contributed by atoms with Crippen LogP contribution in [0.3, 0.4) is 0 Å². The second-order valence-electron chi connectivity index (χ2n) is 6.03. The molecule has 0 radical (unpaired) electrons. The molecule has 4 heteroatoms. The molecule has 0 unspecified atom stereocenters. The average molecular weight is 329 g/mol. The summed E-state index contributed by atoms with van der Waals surface area (Å²) in [5, 5.41) is 12.3. The molecule has 25 heavy (non-hydrogen) atoms. The molecular formula is C21H19N3O. The smallest absolute Gasteiger partial charge is 0.256 e. The van der Waals surface area contributed by atoms with Crippen LogP contribution >= 0.6 is 0 Å². The van der Waals surface area contributed by atoms with Crippen molar-refractivity contribution in [1.82, 2.24) is 4.98 Å². The van der Waals surface area contributed by atoms with E-state index >= 15 is 0 Å². The number of pyridine rings is 1. The molecule has 1 aromatic heterocycles. The zero-order valence-corrected chi connectivity index (χ0v) is 14.3. The third-order valence-electron chi connectivity index (χ3n) is 4.46. The summed E-state index contributed by atoms with van der Waals surface area (Å²) in [5.41, 5.74) is 9.24. The molecule has 124 valence electrons. The van der Waals surface area contributed by atoms with E-state index in [2.05, 4.69) is 24.9 Å². The number of hydrogen-bond acceptors (Lipinski definition) is 3. The van der Waals surface area contributed by atoms with Crippen molar-refractivity contribution < 1.29 is 0 Å². The largest absolute Gasteiger partial charge is 0.404 e. The maximum atomic E-state index is 12.4. The highest BCUT2D eigenvalue weighted by Gasteiger charge is 2.11. The summed E-state index contributed by atoms with van der Waals surface area (Å²) >= 11 is 0. The fraction of sp³-hybridized carbons (Fsp3) is 0.143. The number of nitrogens with one attached hydrogen (secondary N) is 1. The molecule has 0 aliphatic heterocycles. The number of aromatic amines is 1. The van der Waals surface area contributed by atoms with Gasteiger partial charge in [0, 0.05) is 17.8 Å². The van der Waals surface area contributed by atoms with Crippen LogP contribution in [-0.2, 0) is 0 Å². The summed E-state index contributed by atoms with van der Waals surface area (Å²) in [4.78, 5) is 15.1. The van der Waals surface area contributed by atoms with Crippen molar-refractivity contribution in [2.45, 2.75) is 20.3 Å². The van der Waals surface area contributed by atoms with Gasteiger partial charge in [-0.3, -0.25) is 4.79 Å². The second kappa shape index (κ2) is 6.66. The topological polar surface area (TPSA) is 82.7 Å². The Labute approximate surface area is 145 Å². The van der Waals surface area contributed by atoms with E-state index in [1.807, 2.05) is 30.3 Å². The number of aromatic nitrogens is 1. The zero-order chi connectivity index (χ0) is 18.0. The molecule has 0 saturated carbocycles. The van der Waals surface area contributed by atoms with Crippen LogP contribution in [0, 0.1) is 11.3 Å². The first-order chi connectivity index (χ1) is 12.1. The normalized spacial score (nSPS) is 12.5. The van der Waals surface area contributed by atoms with Gasteiger partial charge in [-0.1, -0.05) is 30.7 Å². The fourth-order valence-electron chi connectivity index (χ4n) is 2.98. The lowest BCUT2D eigenvalue weighted by molar-refractivity contribution is 1.10. The number of H-pyrrole nitrogens is 1. The minimum Gasteiger partial charge on any atom is -0.404 e. The molecule has 1 heterocycles. The van der Waals surface area contributed by atoms with Crippen molar-refractivity contribution >= 4 is 27.1 Å². The Hall–Kier alpha value is -3.32. The number of fused-ring (bicyclic) bond motifs is 3. The number of nitrogens with two attached hydrogens (primary N) is 1. The quantitative estimate of drug-likeness (QED) is 0.558. The van der Waals surface area contributed by atoms with Gasteiger partial charge in [-0.05, 0) is 53.5 Å². The van der Waals surface area contributed by atoms with Crippen LogP contribution in [0.25, 0.3) is 27.1 Å². The molecule has 3 aromatic rings. The van der Waals surface area contributed by atoms with Gasteiger partial charge in [-0.25, -0.2) is 0 Å². The highest BCUT2D eigenvalue weighted by atomic mass is 16.1. The van der Waals surface area contributed by atoms with Gasteiger partial charge < -0.3 is 10.7 Å². The Kier molecular flexibility index (Phi) is 4.40. The van der Waals surface area contributed by atoms with Crippen LogP contribution in [0.2, 0.25) is 0 Å². The van der Waals surface area contributed by atoms with Crippen molar-refractivity contribution in [3.05, 3.63) is 75.9 Å². The standard InChI is InChI=1S/C21H19N3O/c1-3-13(2)8-16(11-22)14-4-5-18-17(12-23)9-15-6-7-24-21(25)20(15)19(18)10-14/h4-11H,3,22H2,1-2H3,(H,24,25)/b13-8+,16-11+. The molecule has 3 N–H and O–H groups in total. The van der Waals surface area contributed by atoms with Crippen molar-refractivity contribution in [3.63, 3.8) is 0 Å². The molecule has 0 aliphatic carbocycles. The van der Waals surface area contributed by atoms with Gasteiger partial charge in [-0.15, -0.1) is 0 Å². The molecule has 0 aliphatic rings. The highest BCUT2D eigenvalue weighted by Crippen LogP contribution is 2.29. The number of benzene rings is 2. The minimum atomic E-state index is -0.164. The highest BCUT2D eigenvalue weighted by molar-refractivity contribution is 6.10. The molecule has 0 fully saturated rings. The van der Waals surface area contributed by atoms with Crippen LogP contribution in [0.1, 0.15) is 31.4 Å². The van der Waals surface area contributed by atoms with Gasteiger partial charge in [0.25, 0.3) is 5.56 Å². The summed E-state index contributed by atoms with van der Waals surface area (Å²) in [6.45, 7) is 4.14. The lowest BCUT2D eigenvalue weighted by Gasteiger charge is -2.09. The first-order valence-corrected chi connectivity index (χ1v) is 8.16. The van der Waals surface area contributed by atoms with Crippen LogP contribution < -0.4 is 11.3 Å². The van der Waals surface area contributed by atoms with E-state index in [0.717, 1.165) is 33.7 Å². The summed E-state index contributed by atoms with van der Waals surface area (Å²) in [5.74, 6) is 0. The van der Waals surface area contributed by atoms with Gasteiger partial charge in [0.1, 0.15) is 0 Å². The van der Waals surface area contributed by atoms with Crippen molar-refractivity contribution in [2.75, 3.05) is 0 Å². The molecule has 0 bridgehead atoms. The lowest BCUT2D eigenvalue weighted by atomic mass is 9.94. The van der Waals surface area contributed by atoms with Crippen molar-refractivity contribution in [3.8, 4) is 6.07 Å². The summed E-state index contributed by atoms with van der Waals surface area (Å²) in [6, 6.07) is 11.5. The Morgan fingerprint density at radius 1 is 1.28 bits per heavy atom. The Morgan fingerprint density at radius 2 is 2.08 bits per heavy atom. The summed E-state index contributed by atoms with van der Waals surface area (Å²) < 4.78 is 0. The third-order valence-corrected chi connectivity index (χ3v) is 4.46. The minimum absolute atomic E-state index is 0.164. The van der Waals surface area contributed by atoms with E-state index in [0.29, 0.717) is 10.9 Å². The average Bonchev–Trinajstić information content (AvgIpc) is 2.64. The van der Waals surface area contributed by atoms with Crippen molar-refractivity contribution in [2.24, 2.45) is 5.73 Å². The van der Waals surface area contributed by atoms with E-state index < -0.39 is 0 Å². The zero-order valence-electron chi connectivity index (χ0n) is 14.3. The maximum Gasteiger partial charge on any atom is 0.256 e. The maximum absolute atomic E-state index is 12.4. The van der Waals surface area contributed by atoms with E-state index in [9.17, 15) is 10.1 Å². The first kappa shape index (κ1) is 16.5. The molecule has 4 nitrogen and oxygen atoms in total. The molecule has 3 rings (SSSR count). The molecule has 0 atom stereocenters. The fourth-order valence-corrected chi connectivity index (χ4v) is 2.98. The van der Waals surface area contributed by atoms with Crippen LogP contribution in [0.5, 0.6) is 0 Å². The predicted octanol–water partition coefficient (Wildman–Crippen LogP) is 4.21. The number of rotatable bonds is 3. The van der Waals surface area contributed by atoms with Gasteiger partial charge in [0.2, 0.25) is 0 Å². The Morgan fingerprint density at radius 3 is 2.76 bits per heavy atom. The number of hydrogen-bond donors (Lipinski definition) is 2. The number of allylic oxidation sites excluding steroid dienone is 3. The van der Waals surface area contributed by atoms with E-state index in [1.54, 1.807) is 18.5 Å². The van der Waals surface area contributed by atoms with E-state index in [4.69, 9.17) is 5.73 Å². The number of nitrogens with zero attached hydrogens (tertiary/aromatic N) is 1. The second-order valence-corrected chi connectivity index (χ2v) is 6.03. The van der Waals surface area contributed by atoms with Crippen LogP contribution in [0.4, 0.5) is 0 Å². The van der Waals surface area contributed by atoms with Gasteiger partial charge in [0.05, 0.1) is 17.0 Å². The van der Waals surface area contributed by atoms with Gasteiger partial charge in [-0.2, -0.15) is 5.26 Å². The van der Waals surface area contributed by atoms with Crippen molar-refractivity contribution in [1.29, 1.82) is 5.26 Å². The summed E-state index contributed by atoms with van der Waals surface area (Å²) in [6.07, 6.45) is 6.15. The molecule has 0 saturated heterocycles. The lowest BCUT2D eigenvalue weighted by Crippen LogP contribution is -2.05. The van der Waals surface area contributed by atoms with E-state index in [1.165, 1.54) is 5.57 Å². The molecule has 2 aromatic carbocycles. The Balaban J connectivity index is 2.39. The Bertz CT molecular complexity index is 1130. The van der Waals surface area contributed by atoms with Gasteiger partial charge in [0.15, 0.2) is 0 Å². The van der Waals surface area contributed by atoms with Crippen LogP contribution in [0.15, 0.2) is 59.2 Å². The molecule has 0 spiro atoms. The third kappa shape index (κ3) is 2.92. The first-order valence-electron chi connectivity index (χ1n) is 8.16. The number of nitriles is 1. The SMILES string of the molecule is CC/C(C)=C/C(=C\N)c1ccc2c(C#N)cc3cc[nH]c(=O)c3c2c1. The van der Waals surface area contributed by atoms with E-state index in [-0.39, 0.29) is 5.56 Å².